The van der Waals surface area contributed by atoms with Gasteiger partial charge in [-0.15, -0.1) is 24.5 Å². The number of ether oxygens (including phenoxy) is 1. The van der Waals surface area contributed by atoms with E-state index in [9.17, 15) is 13.2 Å². The monoisotopic (exact) mass is 364 g/mol. The average Bonchev–Trinajstić information content (AvgIpc) is 2.66. The molecule has 0 saturated carbocycles. The van der Waals surface area contributed by atoms with Crippen LogP contribution in [0.5, 0.6) is 5.75 Å². The normalized spacial score (nSPS) is 13.3. The van der Waals surface area contributed by atoms with Crippen LogP contribution in [0.3, 0.4) is 0 Å². The molecule has 0 amide bonds. The Labute approximate surface area is 127 Å². The molecule has 1 aromatic heterocycles. The fourth-order valence-electron chi connectivity index (χ4n) is 1.90. The zero-order valence-electron chi connectivity index (χ0n) is 10.8. The molecule has 0 fully saturated rings. The fourth-order valence-corrected chi connectivity index (χ4v) is 3.89. The molecule has 0 N–H and O–H groups in total. The van der Waals surface area contributed by atoms with E-state index in [1.165, 1.54) is 22.6 Å². The minimum atomic E-state index is -4.66. The summed E-state index contributed by atoms with van der Waals surface area (Å²) >= 11 is 5.26. The van der Waals surface area contributed by atoms with Gasteiger partial charge in [0.2, 0.25) is 0 Å². The Morgan fingerprint density at radius 2 is 1.75 bits per heavy atom. The first-order chi connectivity index (χ1) is 9.26. The molecular formula is C14H12BrF3OS. The number of rotatable bonds is 3. The number of hydrogen-bond donors (Lipinski definition) is 0. The van der Waals surface area contributed by atoms with Crippen molar-refractivity contribution in [3.63, 3.8) is 0 Å². The van der Waals surface area contributed by atoms with E-state index in [-0.39, 0.29) is 10.6 Å². The Morgan fingerprint density at radius 3 is 2.20 bits per heavy atom. The zero-order valence-corrected chi connectivity index (χ0v) is 13.2. The smallest absolute Gasteiger partial charge is 0.406 e. The summed E-state index contributed by atoms with van der Waals surface area (Å²) < 4.78 is 40.1. The second-order valence-corrected chi connectivity index (χ2v) is 6.59. The summed E-state index contributed by atoms with van der Waals surface area (Å²) in [5, 5.41) is 0. The summed E-state index contributed by atoms with van der Waals surface area (Å²) in [4.78, 5) is 2.34. The van der Waals surface area contributed by atoms with Crippen molar-refractivity contribution in [2.24, 2.45) is 0 Å². The standard InChI is InChI=1S/C14H12BrF3OS/c1-8-7-9(2)20-13(8)12(15)10-3-5-11(6-4-10)19-14(16,17)18/h3-7,12H,1-2H3. The van der Waals surface area contributed by atoms with Crippen molar-refractivity contribution in [2.75, 3.05) is 0 Å². The van der Waals surface area contributed by atoms with Gasteiger partial charge in [0.25, 0.3) is 0 Å². The first kappa shape index (κ1) is 15.4. The molecule has 6 heteroatoms. The molecule has 1 nitrogen and oxygen atoms in total. The van der Waals surface area contributed by atoms with Gasteiger partial charge in [-0.05, 0) is 43.2 Å². The highest BCUT2D eigenvalue weighted by Gasteiger charge is 2.31. The van der Waals surface area contributed by atoms with Crippen molar-refractivity contribution in [1.82, 2.24) is 0 Å². The Bertz CT molecular complexity index is 589. The second-order valence-electron chi connectivity index (χ2n) is 4.38. The third kappa shape index (κ3) is 3.76. The highest BCUT2D eigenvalue weighted by molar-refractivity contribution is 9.09. The largest absolute Gasteiger partial charge is 0.573 e. The van der Waals surface area contributed by atoms with Gasteiger partial charge >= 0.3 is 6.36 Å². The molecule has 20 heavy (non-hydrogen) atoms. The van der Waals surface area contributed by atoms with Gasteiger partial charge in [-0.1, -0.05) is 28.1 Å². The number of hydrogen-bond acceptors (Lipinski definition) is 2. The summed E-state index contributed by atoms with van der Waals surface area (Å²) in [6.45, 7) is 4.05. The topological polar surface area (TPSA) is 9.23 Å². The van der Waals surface area contributed by atoms with E-state index in [1.54, 1.807) is 23.5 Å². The number of aryl methyl sites for hydroxylation is 2. The Hall–Kier alpha value is -1.01. The van der Waals surface area contributed by atoms with Gasteiger partial charge in [0.05, 0.1) is 4.83 Å². The third-order valence-electron chi connectivity index (χ3n) is 2.72. The summed E-state index contributed by atoms with van der Waals surface area (Å²) in [6.07, 6.45) is -4.66. The van der Waals surface area contributed by atoms with Gasteiger partial charge in [0, 0.05) is 9.75 Å². The minimum Gasteiger partial charge on any atom is -0.406 e. The van der Waals surface area contributed by atoms with E-state index in [0.717, 1.165) is 10.4 Å². The molecule has 1 aromatic carbocycles. The van der Waals surface area contributed by atoms with Crippen molar-refractivity contribution in [1.29, 1.82) is 0 Å². The predicted molar refractivity (Wildman–Crippen MR) is 77.7 cm³/mol. The van der Waals surface area contributed by atoms with Crippen LogP contribution < -0.4 is 4.74 Å². The van der Waals surface area contributed by atoms with E-state index < -0.39 is 6.36 Å². The summed E-state index contributed by atoms with van der Waals surface area (Å²) in [5.41, 5.74) is 2.06. The van der Waals surface area contributed by atoms with Crippen molar-refractivity contribution < 1.29 is 17.9 Å². The average molecular weight is 365 g/mol. The van der Waals surface area contributed by atoms with Crippen molar-refractivity contribution in [3.05, 3.63) is 51.2 Å². The molecule has 0 bridgehead atoms. The maximum atomic E-state index is 12.1. The minimum absolute atomic E-state index is 0.0267. The lowest BCUT2D eigenvalue weighted by Crippen LogP contribution is -2.17. The molecular weight excluding hydrogens is 353 g/mol. The van der Waals surface area contributed by atoms with Crippen LogP contribution in [0.2, 0.25) is 0 Å². The van der Waals surface area contributed by atoms with E-state index in [2.05, 4.69) is 26.7 Å². The number of alkyl halides is 4. The van der Waals surface area contributed by atoms with E-state index in [1.807, 2.05) is 13.8 Å². The Morgan fingerprint density at radius 1 is 1.15 bits per heavy atom. The number of halogens is 4. The van der Waals surface area contributed by atoms with Gasteiger partial charge in [-0.3, -0.25) is 0 Å². The fraction of sp³-hybridized carbons (Fsp3) is 0.286. The molecule has 2 aromatic rings. The summed E-state index contributed by atoms with van der Waals surface area (Å²) in [7, 11) is 0. The lowest BCUT2D eigenvalue weighted by atomic mass is 10.1. The van der Waals surface area contributed by atoms with Crippen molar-refractivity contribution in [2.45, 2.75) is 25.0 Å². The molecule has 0 saturated heterocycles. The van der Waals surface area contributed by atoms with Crippen LogP contribution in [0.4, 0.5) is 13.2 Å². The molecule has 0 aliphatic carbocycles. The van der Waals surface area contributed by atoms with E-state index >= 15 is 0 Å². The first-order valence-corrected chi connectivity index (χ1v) is 7.56. The van der Waals surface area contributed by atoms with Crippen LogP contribution in [0, 0.1) is 13.8 Å². The number of thiophene rings is 1. The Kier molecular flexibility index (Phi) is 4.44. The predicted octanol–water partition coefficient (Wildman–Crippen LogP) is 5.75. The molecule has 0 spiro atoms. The molecule has 2 rings (SSSR count). The lowest BCUT2D eigenvalue weighted by molar-refractivity contribution is -0.274. The van der Waals surface area contributed by atoms with Crippen molar-refractivity contribution in [3.8, 4) is 5.75 Å². The maximum absolute atomic E-state index is 12.1. The molecule has 1 unspecified atom stereocenters. The van der Waals surface area contributed by atoms with Crippen LogP contribution in [0.15, 0.2) is 30.3 Å². The van der Waals surface area contributed by atoms with E-state index in [4.69, 9.17) is 0 Å². The van der Waals surface area contributed by atoms with Crippen molar-refractivity contribution >= 4 is 27.3 Å². The van der Waals surface area contributed by atoms with Crippen LogP contribution in [0.25, 0.3) is 0 Å². The van der Waals surface area contributed by atoms with Gasteiger partial charge < -0.3 is 4.74 Å². The lowest BCUT2D eigenvalue weighted by Gasteiger charge is -2.12. The molecule has 1 heterocycles. The Balaban J connectivity index is 2.19. The van der Waals surface area contributed by atoms with Crippen LogP contribution >= 0.6 is 27.3 Å². The molecule has 1 atom stereocenters. The van der Waals surface area contributed by atoms with Crippen LogP contribution in [0.1, 0.15) is 25.7 Å². The van der Waals surface area contributed by atoms with Crippen LogP contribution in [-0.4, -0.2) is 6.36 Å². The quantitative estimate of drug-likeness (QED) is 0.630. The van der Waals surface area contributed by atoms with Gasteiger partial charge in [0.1, 0.15) is 5.75 Å². The summed E-state index contributed by atoms with van der Waals surface area (Å²) in [6, 6.07) is 8.01. The zero-order chi connectivity index (χ0) is 14.9. The number of benzene rings is 1. The maximum Gasteiger partial charge on any atom is 0.573 e. The third-order valence-corrected chi connectivity index (χ3v) is 5.22. The van der Waals surface area contributed by atoms with Gasteiger partial charge in [-0.25, -0.2) is 0 Å². The molecule has 0 aliphatic rings. The highest BCUT2D eigenvalue weighted by atomic mass is 79.9. The molecule has 108 valence electrons. The van der Waals surface area contributed by atoms with Gasteiger partial charge in [0.15, 0.2) is 0 Å². The van der Waals surface area contributed by atoms with Crippen LogP contribution in [-0.2, 0) is 0 Å². The summed E-state index contributed by atoms with van der Waals surface area (Å²) in [5.74, 6) is -0.208. The molecule has 0 aliphatic heterocycles. The first-order valence-electron chi connectivity index (χ1n) is 5.83. The second kappa shape index (κ2) is 5.77. The van der Waals surface area contributed by atoms with Gasteiger partial charge in [-0.2, -0.15) is 0 Å². The SMILES string of the molecule is Cc1cc(C)c(C(Br)c2ccc(OC(F)(F)F)cc2)s1. The highest BCUT2D eigenvalue weighted by Crippen LogP contribution is 2.38. The van der Waals surface area contributed by atoms with E-state index in [0.29, 0.717) is 0 Å². The molecule has 0 radical (unpaired) electrons.